The predicted molar refractivity (Wildman–Crippen MR) is 149 cm³/mol. The Morgan fingerprint density at radius 3 is 2.76 bits per heavy atom. The van der Waals surface area contributed by atoms with Gasteiger partial charge in [-0.15, -0.1) is 0 Å². The van der Waals surface area contributed by atoms with Crippen LogP contribution >= 0.6 is 0 Å². The van der Waals surface area contributed by atoms with Crippen LogP contribution in [0.25, 0.3) is 0 Å². The van der Waals surface area contributed by atoms with Crippen LogP contribution in [-0.2, 0) is 20.9 Å². The number of nitrogens with zero attached hydrogens (tertiary/aromatic N) is 1. The molecule has 2 aliphatic rings. The van der Waals surface area contributed by atoms with Gasteiger partial charge < -0.3 is 34.5 Å². The van der Waals surface area contributed by atoms with E-state index in [0.717, 1.165) is 68.3 Å². The summed E-state index contributed by atoms with van der Waals surface area (Å²) in [5.41, 5.74) is 3.52. The smallest absolute Gasteiger partial charge is 0.217 e. The summed E-state index contributed by atoms with van der Waals surface area (Å²) in [6, 6.07) is 15.1. The highest BCUT2D eigenvalue weighted by Crippen LogP contribution is 2.35. The highest BCUT2D eigenvalue weighted by atomic mass is 16.5. The molecule has 8 nitrogen and oxygen atoms in total. The van der Waals surface area contributed by atoms with Gasteiger partial charge in [-0.1, -0.05) is 18.2 Å². The summed E-state index contributed by atoms with van der Waals surface area (Å²) in [4.78, 5) is 13.9. The van der Waals surface area contributed by atoms with Crippen molar-refractivity contribution in [1.82, 2.24) is 10.6 Å². The van der Waals surface area contributed by atoms with E-state index in [1.165, 1.54) is 5.56 Å². The fourth-order valence-electron chi connectivity index (χ4n) is 5.60. The maximum atomic E-state index is 11.5. The van der Waals surface area contributed by atoms with Gasteiger partial charge in [0.15, 0.2) is 0 Å². The molecule has 0 saturated carbocycles. The fraction of sp³-hybridized carbons (Fsp3) is 0.567. The molecule has 1 saturated heterocycles. The quantitative estimate of drug-likeness (QED) is 0.407. The molecule has 2 aromatic rings. The molecule has 38 heavy (non-hydrogen) atoms. The minimum Gasteiger partial charge on any atom is -0.497 e. The molecule has 0 radical (unpaired) electrons. The Morgan fingerprint density at radius 2 is 2.03 bits per heavy atom. The number of ether oxygens (including phenoxy) is 4. The highest BCUT2D eigenvalue weighted by molar-refractivity contribution is 5.73. The van der Waals surface area contributed by atoms with Gasteiger partial charge in [0.1, 0.15) is 18.1 Å². The summed E-state index contributed by atoms with van der Waals surface area (Å²) < 4.78 is 23.1. The molecule has 208 valence electrons. The number of methoxy groups -OCH3 is 2. The number of benzene rings is 2. The van der Waals surface area contributed by atoms with Gasteiger partial charge in [-0.25, -0.2) is 0 Å². The van der Waals surface area contributed by atoms with Crippen molar-refractivity contribution in [2.75, 3.05) is 52.0 Å². The number of amides is 1. The van der Waals surface area contributed by atoms with E-state index in [2.05, 4.69) is 52.8 Å². The summed E-state index contributed by atoms with van der Waals surface area (Å²) in [6.07, 6.45) is 2.82. The molecular formula is C30H43N3O5. The first-order valence-corrected chi connectivity index (χ1v) is 13.7. The normalized spacial score (nSPS) is 21.8. The minimum absolute atomic E-state index is 0.00827. The summed E-state index contributed by atoms with van der Waals surface area (Å²) in [5, 5.41) is 6.69. The maximum Gasteiger partial charge on any atom is 0.217 e. The second-order valence-electron chi connectivity index (χ2n) is 10.4. The average molecular weight is 526 g/mol. The van der Waals surface area contributed by atoms with Crippen molar-refractivity contribution in [2.24, 2.45) is 0 Å². The number of nitrogens with one attached hydrogen (secondary N) is 2. The van der Waals surface area contributed by atoms with Crippen LogP contribution in [0.5, 0.6) is 11.5 Å². The van der Waals surface area contributed by atoms with Gasteiger partial charge in [0.05, 0.1) is 32.1 Å². The van der Waals surface area contributed by atoms with Crippen LogP contribution in [0.4, 0.5) is 5.69 Å². The molecule has 0 aromatic heterocycles. The predicted octanol–water partition coefficient (Wildman–Crippen LogP) is 3.88. The zero-order valence-corrected chi connectivity index (χ0v) is 23.2. The standard InChI is InChI=1S/C30H43N3O5/c1-21(32-22(2)34)16-25-18-27(24-7-9-26(36-4)10-8-24)30(19-31-25)38-20-23-6-11-29-28(17-23)33(13-15-37-29)12-5-14-35-3/h6-11,17,21,25,27,30-31H,5,12-16,18-20H2,1-4H3,(H,32,34)/t21-,25+,27-,30+/m1/s1. The van der Waals surface area contributed by atoms with Crippen molar-refractivity contribution in [3.8, 4) is 11.5 Å². The van der Waals surface area contributed by atoms with E-state index in [-0.39, 0.29) is 24.0 Å². The topological polar surface area (TPSA) is 81.3 Å². The Bertz CT molecular complexity index is 1030. The molecule has 4 rings (SSSR count). The lowest BCUT2D eigenvalue weighted by Crippen LogP contribution is -2.49. The molecule has 0 aliphatic carbocycles. The van der Waals surface area contributed by atoms with Crippen LogP contribution in [0.2, 0.25) is 0 Å². The van der Waals surface area contributed by atoms with Gasteiger partial charge in [-0.2, -0.15) is 0 Å². The molecule has 1 fully saturated rings. The van der Waals surface area contributed by atoms with Gasteiger partial charge in [0, 0.05) is 51.7 Å². The van der Waals surface area contributed by atoms with Gasteiger partial charge in [-0.3, -0.25) is 4.79 Å². The third-order valence-electron chi connectivity index (χ3n) is 7.45. The number of piperidine rings is 1. The van der Waals surface area contributed by atoms with Crippen LogP contribution < -0.4 is 25.0 Å². The maximum absolute atomic E-state index is 11.5. The summed E-state index contributed by atoms with van der Waals surface area (Å²) >= 11 is 0. The van der Waals surface area contributed by atoms with E-state index < -0.39 is 0 Å². The summed E-state index contributed by atoms with van der Waals surface area (Å²) in [7, 11) is 3.43. The molecular weight excluding hydrogens is 482 g/mol. The first-order chi connectivity index (χ1) is 18.5. The monoisotopic (exact) mass is 525 g/mol. The second kappa shape index (κ2) is 13.8. The number of fused-ring (bicyclic) bond motifs is 1. The first-order valence-electron chi connectivity index (χ1n) is 13.7. The molecule has 2 aromatic carbocycles. The average Bonchev–Trinajstić information content (AvgIpc) is 2.92. The lowest BCUT2D eigenvalue weighted by atomic mass is 9.82. The molecule has 0 unspecified atom stereocenters. The second-order valence-corrected chi connectivity index (χ2v) is 10.4. The number of rotatable bonds is 12. The molecule has 8 heteroatoms. The van der Waals surface area contributed by atoms with E-state index >= 15 is 0 Å². The third kappa shape index (κ3) is 7.62. The Hall–Kier alpha value is -2.81. The van der Waals surface area contributed by atoms with Gasteiger partial charge in [-0.05, 0) is 61.6 Å². The van der Waals surface area contributed by atoms with Gasteiger partial charge in [0.25, 0.3) is 0 Å². The van der Waals surface area contributed by atoms with Crippen molar-refractivity contribution in [3.63, 3.8) is 0 Å². The van der Waals surface area contributed by atoms with Crippen molar-refractivity contribution in [1.29, 1.82) is 0 Å². The summed E-state index contributed by atoms with van der Waals surface area (Å²) in [6.45, 7) is 8.20. The highest BCUT2D eigenvalue weighted by Gasteiger charge is 2.33. The lowest BCUT2D eigenvalue weighted by Gasteiger charge is -2.38. The van der Waals surface area contributed by atoms with Crippen molar-refractivity contribution in [3.05, 3.63) is 53.6 Å². The molecule has 1 amide bonds. The Morgan fingerprint density at radius 1 is 1.21 bits per heavy atom. The molecule has 2 aliphatic heterocycles. The molecule has 2 N–H and O–H groups in total. The zero-order valence-electron chi connectivity index (χ0n) is 23.2. The lowest BCUT2D eigenvalue weighted by molar-refractivity contribution is -0.119. The Balaban J connectivity index is 1.44. The van der Waals surface area contributed by atoms with E-state index in [0.29, 0.717) is 19.3 Å². The van der Waals surface area contributed by atoms with Gasteiger partial charge >= 0.3 is 0 Å². The number of carbonyl (C=O) groups is 1. The van der Waals surface area contributed by atoms with Gasteiger partial charge in [0.2, 0.25) is 5.91 Å². The number of carbonyl (C=O) groups excluding carboxylic acids is 1. The van der Waals surface area contributed by atoms with E-state index in [1.807, 2.05) is 12.1 Å². The first kappa shape index (κ1) is 28.2. The largest absolute Gasteiger partial charge is 0.497 e. The van der Waals surface area contributed by atoms with Crippen LogP contribution in [0.15, 0.2) is 42.5 Å². The van der Waals surface area contributed by atoms with E-state index in [1.54, 1.807) is 21.1 Å². The van der Waals surface area contributed by atoms with Crippen molar-refractivity contribution < 1.29 is 23.7 Å². The van der Waals surface area contributed by atoms with Crippen LogP contribution in [-0.4, -0.2) is 71.2 Å². The molecule has 4 atom stereocenters. The number of hydrogen-bond acceptors (Lipinski definition) is 7. The van der Waals surface area contributed by atoms with Crippen molar-refractivity contribution in [2.45, 2.75) is 63.8 Å². The number of hydrogen-bond donors (Lipinski definition) is 2. The Kier molecular flexibility index (Phi) is 10.3. The minimum atomic E-state index is 0.00827. The van der Waals surface area contributed by atoms with E-state index in [9.17, 15) is 4.79 Å². The van der Waals surface area contributed by atoms with Crippen LogP contribution in [0, 0.1) is 0 Å². The Labute approximate surface area is 227 Å². The van der Waals surface area contributed by atoms with Crippen molar-refractivity contribution >= 4 is 11.6 Å². The SMILES string of the molecule is COCCCN1CCOc2ccc(CO[C@H]3CN[C@@H](C[C@@H](C)NC(C)=O)C[C@@H]3c3ccc(OC)cc3)cc21. The molecule has 0 bridgehead atoms. The third-order valence-corrected chi connectivity index (χ3v) is 7.45. The van der Waals surface area contributed by atoms with Crippen LogP contribution in [0.1, 0.15) is 50.2 Å². The van der Waals surface area contributed by atoms with Crippen LogP contribution in [0.3, 0.4) is 0 Å². The van der Waals surface area contributed by atoms with E-state index in [4.69, 9.17) is 18.9 Å². The summed E-state index contributed by atoms with van der Waals surface area (Å²) in [5.74, 6) is 2.03. The zero-order chi connectivity index (χ0) is 26.9. The molecule has 0 spiro atoms. The number of anilines is 1. The molecule has 2 heterocycles. The fourth-order valence-corrected chi connectivity index (χ4v) is 5.60.